The molecule has 1 saturated heterocycles. The van der Waals surface area contributed by atoms with Gasteiger partial charge in [-0.1, -0.05) is 83.8 Å². The average molecular weight is 518 g/mol. The molecule has 6 N–H and O–H groups in total. The van der Waals surface area contributed by atoms with Crippen molar-refractivity contribution in [3.8, 4) is 0 Å². The first-order valence-corrected chi connectivity index (χ1v) is 13.9. The average Bonchev–Trinajstić information content (AvgIpc) is 2.87. The molecule has 1 aliphatic heterocycles. The van der Waals surface area contributed by atoms with Crippen LogP contribution < -0.4 is 5.32 Å². The molecule has 7 unspecified atom stereocenters. The Bertz CT molecular complexity index is 588. The summed E-state index contributed by atoms with van der Waals surface area (Å²) < 4.78 is 10.9. The minimum atomic E-state index is -1.56. The van der Waals surface area contributed by atoms with Crippen LogP contribution in [0.25, 0.3) is 0 Å². The van der Waals surface area contributed by atoms with Crippen LogP contribution in [0.3, 0.4) is 0 Å². The molecule has 36 heavy (non-hydrogen) atoms. The molecule has 0 radical (unpaired) electrons. The summed E-state index contributed by atoms with van der Waals surface area (Å²) in [6.45, 7) is 3.45. The first-order valence-electron chi connectivity index (χ1n) is 13.9. The van der Waals surface area contributed by atoms with Gasteiger partial charge in [0.1, 0.15) is 24.4 Å². The zero-order valence-electron chi connectivity index (χ0n) is 22.3. The summed E-state index contributed by atoms with van der Waals surface area (Å²) in [5.41, 5.74) is 0. The predicted octanol–water partition coefficient (Wildman–Crippen LogP) is 2.32. The number of unbranched alkanes of at least 4 members (excludes halogenated alkanes) is 10. The van der Waals surface area contributed by atoms with Gasteiger partial charge in [0, 0.05) is 6.42 Å². The number of aliphatic hydroxyl groups is 5. The number of hydrogen-bond donors (Lipinski definition) is 6. The van der Waals surface area contributed by atoms with E-state index in [4.69, 9.17) is 9.47 Å². The van der Waals surface area contributed by atoms with Crippen molar-refractivity contribution in [2.75, 3.05) is 13.2 Å². The van der Waals surface area contributed by atoms with Crippen LogP contribution in [0.15, 0.2) is 12.2 Å². The smallest absolute Gasteiger partial charge is 0.220 e. The van der Waals surface area contributed by atoms with E-state index in [1.165, 1.54) is 44.9 Å². The van der Waals surface area contributed by atoms with E-state index < -0.39 is 49.5 Å². The van der Waals surface area contributed by atoms with Crippen LogP contribution in [0.2, 0.25) is 0 Å². The van der Waals surface area contributed by atoms with Gasteiger partial charge in [0.05, 0.1) is 25.4 Å². The molecule has 1 rings (SSSR count). The van der Waals surface area contributed by atoms with Gasteiger partial charge in [-0.25, -0.2) is 0 Å². The summed E-state index contributed by atoms with van der Waals surface area (Å²) in [4.78, 5) is 12.3. The fraction of sp³-hybridized carbons (Fsp3) is 0.889. The lowest BCUT2D eigenvalue weighted by Crippen LogP contribution is -2.60. The SMILES string of the molecule is CCCCCCCCCCC/C=C/C(O)C(COC1OC(CO)C(O)C(O)C1O)NC(=O)CCCC. The van der Waals surface area contributed by atoms with Gasteiger partial charge in [0.15, 0.2) is 6.29 Å². The molecule has 0 aromatic carbocycles. The van der Waals surface area contributed by atoms with Gasteiger partial charge >= 0.3 is 0 Å². The van der Waals surface area contributed by atoms with Crippen molar-refractivity contribution >= 4 is 5.91 Å². The molecule has 0 aromatic rings. The maximum Gasteiger partial charge on any atom is 0.220 e. The van der Waals surface area contributed by atoms with Crippen LogP contribution in [0, 0.1) is 0 Å². The molecular formula is C27H51NO8. The summed E-state index contributed by atoms with van der Waals surface area (Å²) in [6, 6.07) is -0.791. The third kappa shape index (κ3) is 12.9. The van der Waals surface area contributed by atoms with Crippen LogP contribution in [0.5, 0.6) is 0 Å². The van der Waals surface area contributed by atoms with E-state index in [2.05, 4.69) is 12.2 Å². The lowest BCUT2D eigenvalue weighted by Gasteiger charge is -2.40. The number of aliphatic hydroxyl groups excluding tert-OH is 5. The summed E-state index contributed by atoms with van der Waals surface area (Å²) in [6.07, 6.45) is 9.45. The Morgan fingerprint density at radius 2 is 1.53 bits per heavy atom. The number of ether oxygens (including phenoxy) is 2. The summed E-state index contributed by atoms with van der Waals surface area (Å²) in [5.74, 6) is -0.217. The number of hydrogen-bond acceptors (Lipinski definition) is 8. The van der Waals surface area contributed by atoms with E-state index in [1.54, 1.807) is 6.08 Å². The van der Waals surface area contributed by atoms with Crippen LogP contribution in [0.4, 0.5) is 0 Å². The lowest BCUT2D eigenvalue weighted by atomic mass is 9.99. The van der Waals surface area contributed by atoms with E-state index in [0.29, 0.717) is 6.42 Å². The second kappa shape index (κ2) is 20.0. The number of amides is 1. The van der Waals surface area contributed by atoms with Crippen molar-refractivity contribution in [3.63, 3.8) is 0 Å². The molecule has 1 amide bonds. The van der Waals surface area contributed by atoms with Crippen molar-refractivity contribution in [2.45, 2.75) is 140 Å². The van der Waals surface area contributed by atoms with Gasteiger partial charge in [-0.05, 0) is 19.3 Å². The lowest BCUT2D eigenvalue weighted by molar-refractivity contribution is -0.302. The molecule has 0 spiro atoms. The van der Waals surface area contributed by atoms with Crippen LogP contribution in [-0.2, 0) is 14.3 Å². The highest BCUT2D eigenvalue weighted by Crippen LogP contribution is 2.22. The Hall–Kier alpha value is -1.07. The molecule has 1 fully saturated rings. The first kappa shape index (κ1) is 33.0. The van der Waals surface area contributed by atoms with E-state index in [1.807, 2.05) is 13.0 Å². The zero-order valence-corrected chi connectivity index (χ0v) is 22.3. The molecule has 0 aromatic heterocycles. The van der Waals surface area contributed by atoms with Crippen molar-refractivity contribution in [1.29, 1.82) is 0 Å². The van der Waals surface area contributed by atoms with E-state index in [0.717, 1.165) is 32.1 Å². The highest BCUT2D eigenvalue weighted by Gasteiger charge is 2.44. The van der Waals surface area contributed by atoms with E-state index >= 15 is 0 Å². The maximum atomic E-state index is 12.3. The second-order valence-corrected chi connectivity index (χ2v) is 9.84. The van der Waals surface area contributed by atoms with Crippen LogP contribution >= 0.6 is 0 Å². The topological polar surface area (TPSA) is 149 Å². The minimum absolute atomic E-state index is 0.190. The Labute approximate surface area is 216 Å². The maximum absolute atomic E-state index is 12.3. The minimum Gasteiger partial charge on any atom is -0.394 e. The predicted molar refractivity (Wildman–Crippen MR) is 138 cm³/mol. The Balaban J connectivity index is 2.52. The highest BCUT2D eigenvalue weighted by atomic mass is 16.7. The number of carbonyl (C=O) groups excluding carboxylic acids is 1. The summed E-state index contributed by atoms with van der Waals surface area (Å²) in [7, 11) is 0. The largest absolute Gasteiger partial charge is 0.394 e. The molecule has 0 saturated carbocycles. The van der Waals surface area contributed by atoms with Gasteiger partial charge in [-0.15, -0.1) is 0 Å². The first-order chi connectivity index (χ1) is 17.3. The van der Waals surface area contributed by atoms with Crippen molar-refractivity contribution in [3.05, 3.63) is 12.2 Å². The van der Waals surface area contributed by atoms with Gasteiger partial charge < -0.3 is 40.3 Å². The molecule has 9 nitrogen and oxygen atoms in total. The quantitative estimate of drug-likeness (QED) is 0.106. The second-order valence-electron chi connectivity index (χ2n) is 9.84. The third-order valence-corrected chi connectivity index (χ3v) is 6.61. The normalized spacial score (nSPS) is 26.2. The molecule has 7 atom stereocenters. The summed E-state index contributed by atoms with van der Waals surface area (Å²) >= 11 is 0. The summed E-state index contributed by atoms with van der Waals surface area (Å²) in [5, 5.41) is 52.9. The zero-order chi connectivity index (χ0) is 26.8. The molecular weight excluding hydrogens is 466 g/mol. The van der Waals surface area contributed by atoms with Crippen molar-refractivity contribution < 1.29 is 39.8 Å². The van der Waals surface area contributed by atoms with Crippen molar-refractivity contribution in [1.82, 2.24) is 5.32 Å². The molecule has 0 bridgehead atoms. The van der Waals surface area contributed by atoms with Gasteiger partial charge in [-0.2, -0.15) is 0 Å². The molecule has 1 heterocycles. The van der Waals surface area contributed by atoms with E-state index in [9.17, 15) is 30.3 Å². The van der Waals surface area contributed by atoms with Crippen LogP contribution in [0.1, 0.15) is 97.3 Å². The Morgan fingerprint density at radius 3 is 2.14 bits per heavy atom. The molecule has 9 heteroatoms. The van der Waals surface area contributed by atoms with Gasteiger partial charge in [0.25, 0.3) is 0 Å². The number of allylic oxidation sites excluding steroid dienone is 1. The molecule has 1 aliphatic rings. The van der Waals surface area contributed by atoms with Gasteiger partial charge in [-0.3, -0.25) is 4.79 Å². The highest BCUT2D eigenvalue weighted by molar-refractivity contribution is 5.76. The van der Waals surface area contributed by atoms with Gasteiger partial charge in [0.2, 0.25) is 5.91 Å². The fourth-order valence-electron chi connectivity index (χ4n) is 4.19. The number of carbonyl (C=O) groups is 1. The number of nitrogens with one attached hydrogen (secondary N) is 1. The Morgan fingerprint density at radius 1 is 0.917 bits per heavy atom. The molecule has 0 aliphatic carbocycles. The standard InChI is InChI=1S/C27H51NO8/c1-3-5-7-8-9-10-11-12-13-14-15-16-21(30)20(28-23(31)17-6-4-2)19-35-27-26(34)25(33)24(32)22(18-29)36-27/h15-16,20-22,24-27,29-30,32-34H,3-14,17-19H2,1-2H3,(H,28,31)/b16-15+. The Kier molecular flexibility index (Phi) is 18.3. The van der Waals surface area contributed by atoms with E-state index in [-0.39, 0.29) is 12.5 Å². The van der Waals surface area contributed by atoms with Crippen molar-refractivity contribution in [2.24, 2.45) is 0 Å². The fourth-order valence-corrected chi connectivity index (χ4v) is 4.19. The molecule has 212 valence electrons. The van der Waals surface area contributed by atoms with Crippen LogP contribution in [-0.4, -0.2) is 87.5 Å². The monoisotopic (exact) mass is 517 g/mol. The third-order valence-electron chi connectivity index (χ3n) is 6.61. The number of rotatable bonds is 20.